The maximum atomic E-state index is 13.9. The Morgan fingerprint density at radius 1 is 1.30 bits per heavy atom. The number of likely N-dealkylation sites (N-methyl/N-ethyl adjacent to an activating group) is 1. The molecule has 1 aromatic rings. The number of hydrogen-bond acceptors (Lipinski definition) is 2. The summed E-state index contributed by atoms with van der Waals surface area (Å²) in [5.74, 6) is -0.675. The van der Waals surface area contributed by atoms with Crippen molar-refractivity contribution in [3.05, 3.63) is 34.9 Å². The molecule has 1 saturated heterocycles. The molecular weight excluding hydrogens is 258 g/mol. The van der Waals surface area contributed by atoms with Crippen LogP contribution >= 0.6 is 0 Å². The van der Waals surface area contributed by atoms with E-state index in [0.717, 1.165) is 13.1 Å². The number of benzene rings is 1. The SMILES string of the molecule is Cc1cc(F)c(C(C)NCC2CCCCN2C)cc1F. The highest BCUT2D eigenvalue weighted by Gasteiger charge is 2.20. The molecule has 0 spiro atoms. The highest BCUT2D eigenvalue weighted by Crippen LogP contribution is 2.21. The summed E-state index contributed by atoms with van der Waals surface area (Å²) in [6.07, 6.45) is 3.67. The molecule has 2 rings (SSSR count). The van der Waals surface area contributed by atoms with E-state index in [1.54, 1.807) is 6.92 Å². The number of likely N-dealkylation sites (tertiary alicyclic amines) is 1. The molecule has 20 heavy (non-hydrogen) atoms. The molecule has 112 valence electrons. The van der Waals surface area contributed by atoms with Crippen molar-refractivity contribution in [2.24, 2.45) is 0 Å². The first-order valence-corrected chi connectivity index (χ1v) is 7.38. The molecule has 1 aliphatic heterocycles. The molecule has 0 aromatic heterocycles. The van der Waals surface area contributed by atoms with E-state index in [1.807, 2.05) is 6.92 Å². The van der Waals surface area contributed by atoms with Gasteiger partial charge in [0.05, 0.1) is 0 Å². The average Bonchev–Trinajstić information content (AvgIpc) is 2.41. The minimum atomic E-state index is -0.343. The third-order valence-corrected chi connectivity index (χ3v) is 4.33. The summed E-state index contributed by atoms with van der Waals surface area (Å²) in [4.78, 5) is 2.34. The predicted molar refractivity (Wildman–Crippen MR) is 77.8 cm³/mol. The summed E-state index contributed by atoms with van der Waals surface area (Å²) in [6, 6.07) is 2.90. The Morgan fingerprint density at radius 3 is 2.75 bits per heavy atom. The van der Waals surface area contributed by atoms with Gasteiger partial charge in [-0.3, -0.25) is 0 Å². The monoisotopic (exact) mass is 282 g/mol. The number of rotatable bonds is 4. The van der Waals surface area contributed by atoms with Crippen LogP contribution in [0.15, 0.2) is 12.1 Å². The van der Waals surface area contributed by atoms with Gasteiger partial charge in [-0.15, -0.1) is 0 Å². The van der Waals surface area contributed by atoms with Crippen molar-refractivity contribution in [2.45, 2.75) is 45.2 Å². The molecule has 2 atom stereocenters. The molecule has 1 fully saturated rings. The lowest BCUT2D eigenvalue weighted by Crippen LogP contribution is -2.43. The van der Waals surface area contributed by atoms with Crippen LogP contribution in [0.2, 0.25) is 0 Å². The number of hydrogen-bond donors (Lipinski definition) is 1. The molecule has 2 unspecified atom stereocenters. The van der Waals surface area contributed by atoms with Crippen molar-refractivity contribution >= 4 is 0 Å². The quantitative estimate of drug-likeness (QED) is 0.910. The molecule has 1 N–H and O–H groups in total. The predicted octanol–water partition coefficient (Wildman–Crippen LogP) is 3.41. The summed E-state index contributed by atoms with van der Waals surface area (Å²) < 4.78 is 27.5. The normalized spacial score (nSPS) is 21.9. The summed E-state index contributed by atoms with van der Waals surface area (Å²) >= 11 is 0. The van der Waals surface area contributed by atoms with E-state index in [4.69, 9.17) is 0 Å². The summed E-state index contributed by atoms with van der Waals surface area (Å²) in [6.45, 7) is 5.40. The Kier molecular flexibility index (Phi) is 5.11. The number of nitrogens with one attached hydrogen (secondary N) is 1. The standard InChI is InChI=1S/C16H24F2N2/c1-11-8-16(18)14(9-15(11)17)12(2)19-10-13-6-4-5-7-20(13)3/h8-9,12-13,19H,4-7,10H2,1-3H3. The highest BCUT2D eigenvalue weighted by molar-refractivity contribution is 5.27. The Labute approximate surface area is 120 Å². The second kappa shape index (κ2) is 6.64. The number of nitrogens with zero attached hydrogens (tertiary/aromatic N) is 1. The van der Waals surface area contributed by atoms with E-state index >= 15 is 0 Å². The molecule has 0 radical (unpaired) electrons. The first-order chi connectivity index (χ1) is 9.49. The van der Waals surface area contributed by atoms with E-state index in [-0.39, 0.29) is 17.7 Å². The minimum Gasteiger partial charge on any atom is -0.309 e. The lowest BCUT2D eigenvalue weighted by molar-refractivity contribution is 0.178. The molecule has 0 saturated carbocycles. The van der Waals surface area contributed by atoms with E-state index in [0.29, 0.717) is 17.2 Å². The van der Waals surface area contributed by atoms with Gasteiger partial charge < -0.3 is 10.2 Å². The zero-order chi connectivity index (χ0) is 14.7. The maximum Gasteiger partial charge on any atom is 0.128 e. The van der Waals surface area contributed by atoms with Crippen LogP contribution in [0.25, 0.3) is 0 Å². The largest absolute Gasteiger partial charge is 0.309 e. The van der Waals surface area contributed by atoms with E-state index in [1.165, 1.54) is 31.4 Å². The zero-order valence-corrected chi connectivity index (χ0v) is 12.5. The molecule has 0 aliphatic carbocycles. The van der Waals surface area contributed by atoms with Gasteiger partial charge in [-0.1, -0.05) is 6.42 Å². The molecule has 1 aliphatic rings. The van der Waals surface area contributed by atoms with Crippen molar-refractivity contribution < 1.29 is 8.78 Å². The first-order valence-electron chi connectivity index (χ1n) is 7.38. The number of halogens is 2. The van der Waals surface area contributed by atoms with E-state index < -0.39 is 0 Å². The Morgan fingerprint density at radius 2 is 2.05 bits per heavy atom. The summed E-state index contributed by atoms with van der Waals surface area (Å²) in [7, 11) is 2.13. The third kappa shape index (κ3) is 3.55. The average molecular weight is 282 g/mol. The van der Waals surface area contributed by atoms with Crippen LogP contribution in [0.4, 0.5) is 8.78 Å². The fourth-order valence-electron chi connectivity index (χ4n) is 2.82. The molecule has 1 heterocycles. The van der Waals surface area contributed by atoms with Gasteiger partial charge in [0.2, 0.25) is 0 Å². The summed E-state index contributed by atoms with van der Waals surface area (Å²) in [5, 5.41) is 3.34. The van der Waals surface area contributed by atoms with Crippen molar-refractivity contribution in [1.82, 2.24) is 10.2 Å². The lowest BCUT2D eigenvalue weighted by atomic mass is 10.0. The molecule has 1 aromatic carbocycles. The van der Waals surface area contributed by atoms with Crippen molar-refractivity contribution in [1.29, 1.82) is 0 Å². The van der Waals surface area contributed by atoms with Crippen LogP contribution in [0.5, 0.6) is 0 Å². The van der Waals surface area contributed by atoms with Gasteiger partial charge in [0.15, 0.2) is 0 Å². The Hall–Kier alpha value is -1.00. The number of aryl methyl sites for hydroxylation is 1. The zero-order valence-electron chi connectivity index (χ0n) is 12.5. The topological polar surface area (TPSA) is 15.3 Å². The van der Waals surface area contributed by atoms with Crippen LogP contribution in [0.3, 0.4) is 0 Å². The van der Waals surface area contributed by atoms with Gasteiger partial charge >= 0.3 is 0 Å². The Bertz CT molecular complexity index is 462. The van der Waals surface area contributed by atoms with Gasteiger partial charge in [-0.2, -0.15) is 0 Å². The van der Waals surface area contributed by atoms with Gasteiger partial charge in [0.25, 0.3) is 0 Å². The van der Waals surface area contributed by atoms with Crippen LogP contribution in [0, 0.1) is 18.6 Å². The fraction of sp³-hybridized carbons (Fsp3) is 0.625. The maximum absolute atomic E-state index is 13.9. The molecule has 0 amide bonds. The lowest BCUT2D eigenvalue weighted by Gasteiger charge is -2.33. The summed E-state index contributed by atoms with van der Waals surface area (Å²) in [5.41, 5.74) is 0.761. The first kappa shape index (κ1) is 15.4. The second-order valence-electron chi connectivity index (χ2n) is 5.88. The molecule has 0 bridgehead atoms. The van der Waals surface area contributed by atoms with Crippen LogP contribution in [0.1, 0.15) is 43.4 Å². The van der Waals surface area contributed by atoms with Crippen molar-refractivity contribution in [3.8, 4) is 0 Å². The van der Waals surface area contributed by atoms with Crippen molar-refractivity contribution in [3.63, 3.8) is 0 Å². The fourth-order valence-corrected chi connectivity index (χ4v) is 2.82. The molecule has 4 heteroatoms. The number of piperidine rings is 1. The molecule has 2 nitrogen and oxygen atoms in total. The van der Waals surface area contributed by atoms with Gasteiger partial charge in [-0.25, -0.2) is 8.78 Å². The van der Waals surface area contributed by atoms with Gasteiger partial charge in [-0.05, 0) is 58.0 Å². The van der Waals surface area contributed by atoms with E-state index in [2.05, 4.69) is 17.3 Å². The van der Waals surface area contributed by atoms with Crippen LogP contribution in [-0.2, 0) is 0 Å². The van der Waals surface area contributed by atoms with Crippen molar-refractivity contribution in [2.75, 3.05) is 20.1 Å². The third-order valence-electron chi connectivity index (χ3n) is 4.33. The smallest absolute Gasteiger partial charge is 0.128 e. The van der Waals surface area contributed by atoms with Gasteiger partial charge in [0.1, 0.15) is 11.6 Å². The second-order valence-corrected chi connectivity index (χ2v) is 5.88. The van der Waals surface area contributed by atoms with Gasteiger partial charge in [0, 0.05) is 24.2 Å². The molecular formula is C16H24F2N2. The Balaban J connectivity index is 1.97. The van der Waals surface area contributed by atoms with Crippen LogP contribution in [-0.4, -0.2) is 31.1 Å². The minimum absolute atomic E-state index is 0.180. The highest BCUT2D eigenvalue weighted by atomic mass is 19.1. The van der Waals surface area contributed by atoms with E-state index in [9.17, 15) is 8.78 Å². The van der Waals surface area contributed by atoms with Crippen LogP contribution < -0.4 is 5.32 Å².